The summed E-state index contributed by atoms with van der Waals surface area (Å²) in [5.41, 5.74) is 1.91. The van der Waals surface area contributed by atoms with Gasteiger partial charge in [-0.1, -0.05) is 24.3 Å². The monoisotopic (exact) mass is 412 g/mol. The van der Waals surface area contributed by atoms with Gasteiger partial charge in [0.1, 0.15) is 6.10 Å². The van der Waals surface area contributed by atoms with Crippen molar-refractivity contribution in [2.75, 3.05) is 14.1 Å². The van der Waals surface area contributed by atoms with Gasteiger partial charge in [-0.25, -0.2) is 0 Å². The summed E-state index contributed by atoms with van der Waals surface area (Å²) in [4.78, 5) is 12.8. The van der Waals surface area contributed by atoms with Crippen LogP contribution in [0, 0.1) is 13.7 Å². The fourth-order valence-corrected chi connectivity index (χ4v) is 2.83. The first-order chi connectivity index (χ1) is 10.4. The Morgan fingerprint density at radius 2 is 1.91 bits per heavy atom. The van der Waals surface area contributed by atoms with Crippen LogP contribution in [0.1, 0.15) is 22.8 Å². The second-order valence-electron chi connectivity index (χ2n) is 5.30. The molecule has 1 atom stereocenters. The summed E-state index contributed by atoms with van der Waals surface area (Å²) >= 11 is 2.02. The average molecular weight is 412 g/mol. The van der Waals surface area contributed by atoms with Crippen molar-refractivity contribution in [2.45, 2.75) is 12.6 Å². The second kappa shape index (κ2) is 7.17. The summed E-state index contributed by atoms with van der Waals surface area (Å²) in [5, 5.41) is 21.9. The molecule has 0 aliphatic carbocycles. The van der Waals surface area contributed by atoms with Crippen LogP contribution in [0.5, 0.6) is 0 Å². The Morgan fingerprint density at radius 1 is 1.23 bits per heavy atom. The highest BCUT2D eigenvalue weighted by Crippen LogP contribution is 2.32. The van der Waals surface area contributed by atoms with Gasteiger partial charge in [0.15, 0.2) is 0 Å². The zero-order chi connectivity index (χ0) is 16.3. The summed E-state index contributed by atoms with van der Waals surface area (Å²) in [6, 6.07) is 12.3. The maximum Gasteiger partial charge on any atom is 0.276 e. The molecule has 0 saturated carbocycles. The van der Waals surface area contributed by atoms with Crippen molar-refractivity contribution < 1.29 is 10.0 Å². The molecule has 0 fully saturated rings. The molecule has 5 nitrogen and oxygen atoms in total. The Morgan fingerprint density at radius 3 is 2.55 bits per heavy atom. The maximum absolute atomic E-state index is 11.3. The third-order valence-corrected chi connectivity index (χ3v) is 3.99. The second-order valence-corrected chi connectivity index (χ2v) is 6.55. The predicted octanol–water partition coefficient (Wildman–Crippen LogP) is 3.34. The van der Waals surface area contributed by atoms with Gasteiger partial charge in [-0.2, -0.15) is 0 Å². The van der Waals surface area contributed by atoms with Crippen LogP contribution in [0.3, 0.4) is 0 Å². The molecule has 0 saturated heterocycles. The van der Waals surface area contributed by atoms with E-state index < -0.39 is 11.0 Å². The van der Waals surface area contributed by atoms with Crippen molar-refractivity contribution >= 4 is 28.3 Å². The topological polar surface area (TPSA) is 66.6 Å². The van der Waals surface area contributed by atoms with Gasteiger partial charge >= 0.3 is 0 Å². The Bertz CT molecular complexity index is 689. The molecule has 0 radical (unpaired) electrons. The first-order valence-corrected chi connectivity index (χ1v) is 7.82. The van der Waals surface area contributed by atoms with Crippen LogP contribution in [0.2, 0.25) is 0 Å². The summed E-state index contributed by atoms with van der Waals surface area (Å²) < 4.78 is 0.766. The molecule has 0 spiro atoms. The number of aliphatic hydroxyl groups excluding tert-OH is 1. The van der Waals surface area contributed by atoms with E-state index in [0.717, 1.165) is 9.13 Å². The molecule has 0 amide bonds. The minimum absolute atomic E-state index is 0.0564. The first-order valence-electron chi connectivity index (χ1n) is 6.74. The van der Waals surface area contributed by atoms with Crippen molar-refractivity contribution in [3.05, 3.63) is 72.8 Å². The quantitative estimate of drug-likeness (QED) is 0.465. The molecule has 0 aliphatic rings. The lowest BCUT2D eigenvalue weighted by molar-refractivity contribution is -0.386. The minimum Gasteiger partial charge on any atom is -0.383 e. The Labute approximate surface area is 142 Å². The van der Waals surface area contributed by atoms with Crippen LogP contribution in [0.25, 0.3) is 0 Å². The third-order valence-electron chi connectivity index (χ3n) is 3.32. The summed E-state index contributed by atoms with van der Waals surface area (Å²) in [6.45, 7) is 0.658. The molecule has 0 aliphatic heterocycles. The van der Waals surface area contributed by atoms with E-state index >= 15 is 0 Å². The molecule has 2 rings (SSSR count). The highest BCUT2D eigenvalue weighted by molar-refractivity contribution is 14.1. The van der Waals surface area contributed by atoms with Gasteiger partial charge in [-0.05, 0) is 59.9 Å². The predicted molar refractivity (Wildman–Crippen MR) is 93.7 cm³/mol. The zero-order valence-electron chi connectivity index (χ0n) is 12.4. The molecule has 0 heterocycles. The van der Waals surface area contributed by atoms with E-state index in [-0.39, 0.29) is 5.69 Å². The number of nitro benzene ring substituents is 1. The molecule has 0 bridgehead atoms. The number of rotatable bonds is 5. The van der Waals surface area contributed by atoms with Crippen LogP contribution in [-0.4, -0.2) is 29.0 Å². The zero-order valence-corrected chi connectivity index (χ0v) is 14.5. The van der Waals surface area contributed by atoms with Crippen LogP contribution in [0.15, 0.2) is 42.5 Å². The van der Waals surface area contributed by atoms with Crippen molar-refractivity contribution in [3.8, 4) is 0 Å². The molecular formula is C16H17IN2O3. The Balaban J connectivity index is 2.49. The van der Waals surface area contributed by atoms with Gasteiger partial charge in [-0.3, -0.25) is 10.1 Å². The minimum atomic E-state index is -1.02. The third kappa shape index (κ3) is 3.82. The lowest BCUT2D eigenvalue weighted by atomic mass is 9.95. The van der Waals surface area contributed by atoms with Gasteiger partial charge in [0.25, 0.3) is 5.69 Å². The van der Waals surface area contributed by atoms with E-state index in [1.54, 1.807) is 12.1 Å². The highest BCUT2D eigenvalue weighted by Gasteiger charge is 2.23. The van der Waals surface area contributed by atoms with Gasteiger partial charge < -0.3 is 10.0 Å². The van der Waals surface area contributed by atoms with E-state index in [2.05, 4.69) is 0 Å². The van der Waals surface area contributed by atoms with Gasteiger partial charge in [-0.15, -0.1) is 0 Å². The number of benzene rings is 2. The maximum atomic E-state index is 11.3. The number of nitro groups is 1. The molecule has 0 aromatic heterocycles. The van der Waals surface area contributed by atoms with E-state index in [9.17, 15) is 15.2 Å². The number of hydrogen-bond donors (Lipinski definition) is 1. The first kappa shape index (κ1) is 16.9. The molecule has 2 aromatic carbocycles. The number of nitrogens with zero attached hydrogens (tertiary/aromatic N) is 2. The molecular weight excluding hydrogens is 395 g/mol. The number of hydrogen-bond acceptors (Lipinski definition) is 4. The summed E-state index contributed by atoms with van der Waals surface area (Å²) in [7, 11) is 3.88. The van der Waals surface area contributed by atoms with Crippen LogP contribution >= 0.6 is 22.6 Å². The largest absolute Gasteiger partial charge is 0.383 e. The van der Waals surface area contributed by atoms with Gasteiger partial charge in [0.2, 0.25) is 0 Å². The SMILES string of the molecule is CN(C)Cc1ccccc1C(O)c1ccc(I)cc1[N+](=O)[O-]. The fraction of sp³-hybridized carbons (Fsp3) is 0.250. The lowest BCUT2D eigenvalue weighted by Gasteiger charge is -2.18. The van der Waals surface area contributed by atoms with E-state index in [4.69, 9.17) is 0 Å². The molecule has 2 aromatic rings. The molecule has 1 unspecified atom stereocenters. The van der Waals surface area contributed by atoms with Gasteiger partial charge in [0.05, 0.1) is 10.5 Å². The van der Waals surface area contributed by atoms with Crippen molar-refractivity contribution in [1.82, 2.24) is 4.90 Å². The van der Waals surface area contributed by atoms with E-state index in [0.29, 0.717) is 17.7 Å². The molecule has 116 valence electrons. The molecule has 6 heteroatoms. The Kier molecular flexibility index (Phi) is 5.49. The number of aliphatic hydroxyl groups is 1. The standard InChI is InChI=1S/C16H17IN2O3/c1-18(2)10-11-5-3-4-6-13(11)16(20)14-8-7-12(17)9-15(14)19(21)22/h3-9,16,20H,10H2,1-2H3. The fourth-order valence-electron chi connectivity index (χ4n) is 2.36. The summed E-state index contributed by atoms with van der Waals surface area (Å²) in [6.07, 6.45) is -1.02. The van der Waals surface area contributed by atoms with Crippen molar-refractivity contribution in [2.24, 2.45) is 0 Å². The van der Waals surface area contributed by atoms with Crippen LogP contribution < -0.4 is 0 Å². The van der Waals surface area contributed by atoms with Crippen molar-refractivity contribution in [3.63, 3.8) is 0 Å². The normalized spacial score (nSPS) is 12.4. The molecule has 22 heavy (non-hydrogen) atoms. The van der Waals surface area contributed by atoms with Crippen LogP contribution in [0.4, 0.5) is 5.69 Å². The van der Waals surface area contributed by atoms with Gasteiger partial charge in [0, 0.05) is 16.2 Å². The summed E-state index contributed by atoms with van der Waals surface area (Å²) in [5.74, 6) is 0. The average Bonchev–Trinajstić information content (AvgIpc) is 2.46. The van der Waals surface area contributed by atoms with Crippen LogP contribution in [-0.2, 0) is 6.54 Å². The Hall–Kier alpha value is -1.51. The lowest BCUT2D eigenvalue weighted by Crippen LogP contribution is -2.14. The number of halogens is 1. The molecule has 1 N–H and O–H groups in total. The van der Waals surface area contributed by atoms with E-state index in [1.165, 1.54) is 6.07 Å². The van der Waals surface area contributed by atoms with Crippen molar-refractivity contribution in [1.29, 1.82) is 0 Å². The van der Waals surface area contributed by atoms with E-state index in [1.807, 2.05) is 65.9 Å². The highest BCUT2D eigenvalue weighted by atomic mass is 127. The smallest absolute Gasteiger partial charge is 0.276 e.